The Morgan fingerprint density at radius 1 is 1.23 bits per heavy atom. The summed E-state index contributed by atoms with van der Waals surface area (Å²) < 4.78 is 0. The average Bonchev–Trinajstić information content (AvgIpc) is 3.03. The molecule has 0 unspecified atom stereocenters. The van der Waals surface area contributed by atoms with Crippen molar-refractivity contribution in [2.75, 3.05) is 5.32 Å². The van der Waals surface area contributed by atoms with Crippen LogP contribution in [-0.4, -0.2) is 11.0 Å². The molecule has 2 aromatic rings. The van der Waals surface area contributed by atoms with Crippen LogP contribution in [0.5, 0.6) is 0 Å². The van der Waals surface area contributed by atoms with E-state index in [1.807, 2.05) is 18.2 Å². The van der Waals surface area contributed by atoms with Crippen LogP contribution in [0.2, 0.25) is 0 Å². The molecule has 0 spiro atoms. The van der Waals surface area contributed by atoms with E-state index in [0.717, 1.165) is 23.4 Å². The maximum atomic E-state index is 12.4. The highest BCUT2D eigenvalue weighted by atomic mass is 32.1. The molecule has 1 aliphatic rings. The fraction of sp³-hybridized carbons (Fsp3) is 0.400. The largest absolute Gasteiger partial charge is 0.331 e. The molecule has 3 N–H and O–H groups in total. The summed E-state index contributed by atoms with van der Waals surface area (Å²) in [6.45, 7) is 6.58. The summed E-state index contributed by atoms with van der Waals surface area (Å²) in [5, 5.41) is 3.44. The zero-order chi connectivity index (χ0) is 18.7. The van der Waals surface area contributed by atoms with E-state index in [-0.39, 0.29) is 5.91 Å². The minimum Gasteiger partial charge on any atom is -0.331 e. The number of aryl methyl sites for hydroxylation is 1. The van der Waals surface area contributed by atoms with Crippen molar-refractivity contribution >= 4 is 40.3 Å². The first-order valence-corrected chi connectivity index (χ1v) is 10.2. The molecule has 1 aromatic carbocycles. The number of carbonyl (C=O) groups excluding carboxylic acids is 1. The topological polar surface area (TPSA) is 53.2 Å². The van der Waals surface area contributed by atoms with Crippen molar-refractivity contribution in [3.05, 3.63) is 51.2 Å². The van der Waals surface area contributed by atoms with Gasteiger partial charge in [0.1, 0.15) is 0 Å². The smallest absolute Gasteiger partial charge is 0.279 e. The van der Waals surface area contributed by atoms with Crippen LogP contribution in [-0.2, 0) is 12.8 Å². The molecule has 0 fully saturated rings. The Balaban J connectivity index is 1.52. The van der Waals surface area contributed by atoms with Crippen LogP contribution in [0.3, 0.4) is 0 Å². The molecule has 0 radical (unpaired) electrons. The van der Waals surface area contributed by atoms with E-state index in [0.29, 0.717) is 16.9 Å². The zero-order valence-electron chi connectivity index (χ0n) is 15.4. The van der Waals surface area contributed by atoms with Gasteiger partial charge in [0, 0.05) is 10.6 Å². The van der Waals surface area contributed by atoms with Gasteiger partial charge in [-0.05, 0) is 72.6 Å². The number of thiophene rings is 1. The number of fused-ring (bicyclic) bond motifs is 1. The van der Waals surface area contributed by atoms with E-state index < -0.39 is 0 Å². The van der Waals surface area contributed by atoms with Crippen LogP contribution in [0.1, 0.15) is 58.8 Å². The van der Waals surface area contributed by atoms with Crippen LogP contribution >= 0.6 is 23.6 Å². The second-order valence-corrected chi connectivity index (χ2v) is 8.76. The number of carbonyl (C=O) groups is 1. The number of hydrogen-bond acceptors (Lipinski definition) is 3. The number of anilines is 1. The molecule has 1 atom stereocenters. The van der Waals surface area contributed by atoms with Gasteiger partial charge in [-0.25, -0.2) is 0 Å². The summed E-state index contributed by atoms with van der Waals surface area (Å²) in [6.07, 6.45) is 3.35. The van der Waals surface area contributed by atoms with Gasteiger partial charge >= 0.3 is 0 Å². The van der Waals surface area contributed by atoms with Crippen molar-refractivity contribution in [3.63, 3.8) is 0 Å². The quantitative estimate of drug-likeness (QED) is 0.531. The van der Waals surface area contributed by atoms with Gasteiger partial charge < -0.3 is 5.32 Å². The lowest BCUT2D eigenvalue weighted by Gasteiger charge is -2.16. The van der Waals surface area contributed by atoms with Crippen molar-refractivity contribution in [2.45, 2.75) is 46.0 Å². The number of rotatable bonds is 3. The second-order valence-electron chi connectivity index (χ2n) is 7.22. The Kier molecular flexibility index (Phi) is 5.94. The lowest BCUT2D eigenvalue weighted by molar-refractivity contribution is 0.0948. The summed E-state index contributed by atoms with van der Waals surface area (Å²) in [5.74, 6) is 1.05. The van der Waals surface area contributed by atoms with Crippen LogP contribution < -0.4 is 16.2 Å². The van der Waals surface area contributed by atoms with E-state index in [1.165, 1.54) is 22.4 Å². The number of hydrazine groups is 1. The lowest BCUT2D eigenvalue weighted by atomic mass is 9.90. The first kappa shape index (κ1) is 18.9. The third-order valence-corrected chi connectivity index (χ3v) is 6.12. The van der Waals surface area contributed by atoms with Crippen molar-refractivity contribution in [1.82, 2.24) is 10.9 Å². The summed E-state index contributed by atoms with van der Waals surface area (Å²) in [7, 11) is 0. The molecule has 0 saturated heterocycles. The Labute approximate surface area is 164 Å². The summed E-state index contributed by atoms with van der Waals surface area (Å²) >= 11 is 6.85. The normalized spacial score (nSPS) is 16.1. The summed E-state index contributed by atoms with van der Waals surface area (Å²) in [5.41, 5.74) is 8.96. The molecule has 0 bridgehead atoms. The summed E-state index contributed by atoms with van der Waals surface area (Å²) in [6, 6.07) is 10.1. The van der Waals surface area contributed by atoms with Gasteiger partial charge in [-0.2, -0.15) is 0 Å². The molecule has 138 valence electrons. The van der Waals surface area contributed by atoms with Gasteiger partial charge in [0.25, 0.3) is 5.91 Å². The maximum absolute atomic E-state index is 12.4. The highest BCUT2D eigenvalue weighted by Gasteiger charge is 2.20. The third-order valence-electron chi connectivity index (χ3n) is 4.68. The van der Waals surface area contributed by atoms with Gasteiger partial charge in [-0.3, -0.25) is 15.6 Å². The molecule has 1 heterocycles. The molecule has 4 nitrogen and oxygen atoms in total. The van der Waals surface area contributed by atoms with Crippen molar-refractivity contribution < 1.29 is 4.79 Å². The SMILES string of the molecule is CC(C)c1ccc(NC(=S)NNC(=O)c2cc3c(s2)CC[C@@H](C)C3)cc1. The second kappa shape index (κ2) is 8.18. The van der Waals surface area contributed by atoms with Crippen molar-refractivity contribution in [1.29, 1.82) is 0 Å². The molecule has 0 saturated carbocycles. The molecule has 6 heteroatoms. The Morgan fingerprint density at radius 2 is 1.96 bits per heavy atom. The fourth-order valence-electron chi connectivity index (χ4n) is 3.11. The van der Waals surface area contributed by atoms with Gasteiger partial charge in [0.2, 0.25) is 0 Å². The van der Waals surface area contributed by atoms with E-state index in [9.17, 15) is 4.79 Å². The van der Waals surface area contributed by atoms with Gasteiger partial charge in [0.05, 0.1) is 4.88 Å². The number of amides is 1. The van der Waals surface area contributed by atoms with Crippen molar-refractivity contribution in [3.8, 4) is 0 Å². The van der Waals surface area contributed by atoms with Crippen LogP contribution in [0.25, 0.3) is 0 Å². The molecule has 26 heavy (non-hydrogen) atoms. The van der Waals surface area contributed by atoms with Gasteiger partial charge in [0.15, 0.2) is 5.11 Å². The highest BCUT2D eigenvalue weighted by Crippen LogP contribution is 2.32. The van der Waals surface area contributed by atoms with Crippen LogP contribution in [0.15, 0.2) is 30.3 Å². The minimum atomic E-state index is -0.142. The number of thiocarbonyl (C=S) groups is 1. The molecule has 1 aromatic heterocycles. The molecular formula is C20H25N3OS2. The predicted molar refractivity (Wildman–Crippen MR) is 113 cm³/mol. The third kappa shape index (κ3) is 4.62. The van der Waals surface area contributed by atoms with E-state index in [1.54, 1.807) is 11.3 Å². The standard InChI is InChI=1S/C20H25N3OS2/c1-12(2)14-5-7-16(8-6-14)21-20(25)23-22-19(24)18-11-15-10-13(3)4-9-17(15)26-18/h5-8,11-13H,4,9-10H2,1-3H3,(H,22,24)(H2,21,23,25)/t13-/m1/s1. The van der Waals surface area contributed by atoms with E-state index >= 15 is 0 Å². The Morgan fingerprint density at radius 3 is 2.65 bits per heavy atom. The Bertz CT molecular complexity index is 796. The predicted octanol–water partition coefficient (Wildman–Crippen LogP) is 4.63. The van der Waals surface area contributed by atoms with Gasteiger partial charge in [-0.1, -0.05) is 32.9 Å². The van der Waals surface area contributed by atoms with Crippen LogP contribution in [0.4, 0.5) is 5.69 Å². The highest BCUT2D eigenvalue weighted by molar-refractivity contribution is 7.80. The summed E-state index contributed by atoms with van der Waals surface area (Å²) in [4.78, 5) is 14.5. The first-order valence-electron chi connectivity index (χ1n) is 9.01. The molecule has 1 aliphatic carbocycles. The molecule has 1 amide bonds. The molecule has 3 rings (SSSR count). The monoisotopic (exact) mass is 387 g/mol. The van der Waals surface area contributed by atoms with Crippen LogP contribution in [0, 0.1) is 5.92 Å². The fourth-order valence-corrected chi connectivity index (χ4v) is 4.38. The average molecular weight is 388 g/mol. The van der Waals surface area contributed by atoms with Gasteiger partial charge in [-0.15, -0.1) is 11.3 Å². The number of benzene rings is 1. The van der Waals surface area contributed by atoms with E-state index in [4.69, 9.17) is 12.2 Å². The lowest BCUT2D eigenvalue weighted by Crippen LogP contribution is -2.43. The Hall–Kier alpha value is -1.92. The van der Waals surface area contributed by atoms with E-state index in [2.05, 4.69) is 49.1 Å². The number of nitrogens with one attached hydrogen (secondary N) is 3. The molecular weight excluding hydrogens is 362 g/mol. The first-order chi connectivity index (χ1) is 12.4. The minimum absolute atomic E-state index is 0.142. The van der Waals surface area contributed by atoms with Crippen molar-refractivity contribution in [2.24, 2.45) is 5.92 Å². The maximum Gasteiger partial charge on any atom is 0.279 e. The molecule has 0 aliphatic heterocycles. The zero-order valence-corrected chi connectivity index (χ0v) is 17.0. The number of hydrogen-bond donors (Lipinski definition) is 3.